The number of nitrogens with zero attached hydrogens (tertiary/aromatic N) is 1. The number of ketones is 1. The number of nitro benzene ring substituents is 1. The van der Waals surface area contributed by atoms with Gasteiger partial charge in [0.15, 0.2) is 5.78 Å². The molecule has 0 aliphatic heterocycles. The molecule has 1 rings (SSSR count). The zero-order chi connectivity index (χ0) is 10.6. The van der Waals surface area contributed by atoms with E-state index in [1.165, 1.54) is 24.3 Å². The van der Waals surface area contributed by atoms with Gasteiger partial charge in [-0.15, -0.1) is 0 Å². The van der Waals surface area contributed by atoms with E-state index in [1.807, 2.05) is 0 Å². The number of allylic oxidation sites excluding steroid dienone is 2. The predicted octanol–water partition coefficient (Wildman–Crippen LogP) is 2.35. The van der Waals surface area contributed by atoms with Crippen molar-refractivity contribution < 1.29 is 9.72 Å². The van der Waals surface area contributed by atoms with Gasteiger partial charge in [-0.1, -0.05) is 18.2 Å². The zero-order valence-electron chi connectivity index (χ0n) is 7.64. The van der Waals surface area contributed by atoms with Gasteiger partial charge in [0.1, 0.15) is 0 Å². The monoisotopic (exact) mass is 191 g/mol. The molecule has 0 bridgehead atoms. The lowest BCUT2D eigenvalue weighted by atomic mass is 10.1. The molecule has 0 saturated heterocycles. The summed E-state index contributed by atoms with van der Waals surface area (Å²) >= 11 is 0. The molecule has 1 aromatic rings. The molecule has 0 aliphatic rings. The Hall–Kier alpha value is -1.97. The van der Waals surface area contributed by atoms with E-state index in [0.29, 0.717) is 0 Å². The first-order chi connectivity index (χ1) is 6.66. The Bertz CT molecular complexity index is 396. The Labute approximate surface area is 81.0 Å². The molecule has 72 valence electrons. The van der Waals surface area contributed by atoms with Gasteiger partial charge in [-0.05, 0) is 19.1 Å². The van der Waals surface area contributed by atoms with E-state index in [0.717, 1.165) is 0 Å². The van der Waals surface area contributed by atoms with E-state index in [1.54, 1.807) is 19.1 Å². The van der Waals surface area contributed by atoms with Crippen molar-refractivity contribution in [3.8, 4) is 0 Å². The maximum absolute atomic E-state index is 11.4. The minimum atomic E-state index is -0.559. The summed E-state index contributed by atoms with van der Waals surface area (Å²) in [5, 5.41) is 10.6. The summed E-state index contributed by atoms with van der Waals surface area (Å²) in [5.41, 5.74) is -0.0359. The molecular weight excluding hydrogens is 182 g/mol. The number of carbonyl (C=O) groups excluding carboxylic acids is 1. The third kappa shape index (κ3) is 2.04. The fraction of sp³-hybridized carbons (Fsp3) is 0.100. The highest BCUT2D eigenvalue weighted by Gasteiger charge is 2.16. The van der Waals surface area contributed by atoms with Gasteiger partial charge < -0.3 is 0 Å². The van der Waals surface area contributed by atoms with Crippen LogP contribution in [-0.2, 0) is 0 Å². The molecule has 0 saturated carbocycles. The molecule has 0 amide bonds. The number of hydrogen-bond acceptors (Lipinski definition) is 3. The predicted molar refractivity (Wildman–Crippen MR) is 52.2 cm³/mol. The third-order valence-corrected chi connectivity index (χ3v) is 1.68. The van der Waals surface area contributed by atoms with Crippen molar-refractivity contribution in [3.05, 3.63) is 52.1 Å². The lowest BCUT2D eigenvalue weighted by Gasteiger charge is -1.97. The molecule has 0 spiro atoms. The van der Waals surface area contributed by atoms with Crippen molar-refractivity contribution in [1.82, 2.24) is 0 Å². The van der Waals surface area contributed by atoms with Crippen LogP contribution in [0.5, 0.6) is 0 Å². The van der Waals surface area contributed by atoms with Crippen LogP contribution in [0.15, 0.2) is 36.4 Å². The van der Waals surface area contributed by atoms with Crippen LogP contribution in [0, 0.1) is 10.1 Å². The van der Waals surface area contributed by atoms with Crippen molar-refractivity contribution in [2.45, 2.75) is 6.92 Å². The first-order valence-corrected chi connectivity index (χ1v) is 4.07. The molecule has 14 heavy (non-hydrogen) atoms. The minimum Gasteiger partial charge on any atom is -0.289 e. The van der Waals surface area contributed by atoms with Crippen LogP contribution in [-0.4, -0.2) is 10.7 Å². The fourth-order valence-corrected chi connectivity index (χ4v) is 1.08. The summed E-state index contributed by atoms with van der Waals surface area (Å²) < 4.78 is 0. The maximum Gasteiger partial charge on any atom is 0.280 e. The summed E-state index contributed by atoms with van der Waals surface area (Å²) in [5.74, 6) is -0.347. The molecule has 0 heterocycles. The Morgan fingerprint density at radius 1 is 1.43 bits per heavy atom. The van der Waals surface area contributed by atoms with E-state index >= 15 is 0 Å². The second kappa shape index (κ2) is 4.32. The number of para-hydroxylation sites is 1. The molecule has 1 aromatic carbocycles. The number of rotatable bonds is 3. The average Bonchev–Trinajstić information content (AvgIpc) is 2.18. The Kier molecular flexibility index (Phi) is 3.12. The van der Waals surface area contributed by atoms with Gasteiger partial charge in [-0.3, -0.25) is 14.9 Å². The molecule has 0 fully saturated rings. The Morgan fingerprint density at radius 3 is 2.64 bits per heavy atom. The largest absolute Gasteiger partial charge is 0.289 e. The third-order valence-electron chi connectivity index (χ3n) is 1.68. The van der Waals surface area contributed by atoms with Gasteiger partial charge in [0, 0.05) is 6.07 Å². The number of hydrogen-bond donors (Lipinski definition) is 0. The van der Waals surface area contributed by atoms with Crippen LogP contribution in [0.4, 0.5) is 5.69 Å². The summed E-state index contributed by atoms with van der Waals surface area (Å²) in [4.78, 5) is 21.4. The first-order valence-electron chi connectivity index (χ1n) is 4.07. The Balaban J connectivity index is 3.20. The van der Waals surface area contributed by atoms with E-state index in [-0.39, 0.29) is 17.0 Å². The summed E-state index contributed by atoms with van der Waals surface area (Å²) in [6, 6.07) is 5.89. The number of carbonyl (C=O) groups is 1. The van der Waals surface area contributed by atoms with E-state index < -0.39 is 4.92 Å². The molecule has 0 aromatic heterocycles. The quantitative estimate of drug-likeness (QED) is 0.319. The molecule has 4 nitrogen and oxygen atoms in total. The van der Waals surface area contributed by atoms with Crippen LogP contribution in [0.2, 0.25) is 0 Å². The molecule has 0 unspecified atom stereocenters. The zero-order valence-corrected chi connectivity index (χ0v) is 7.64. The molecule has 0 aliphatic carbocycles. The van der Waals surface area contributed by atoms with Gasteiger partial charge in [0.05, 0.1) is 10.5 Å². The van der Waals surface area contributed by atoms with Crippen LogP contribution in [0.25, 0.3) is 0 Å². The molecule has 0 radical (unpaired) electrons. The SMILES string of the molecule is CC=CC(=O)c1ccccc1[N+](=O)[O-]. The molecule has 0 atom stereocenters. The van der Waals surface area contributed by atoms with Crippen molar-refractivity contribution in [2.24, 2.45) is 0 Å². The highest BCUT2D eigenvalue weighted by atomic mass is 16.6. The maximum atomic E-state index is 11.4. The van der Waals surface area contributed by atoms with Gasteiger partial charge >= 0.3 is 0 Å². The van der Waals surface area contributed by atoms with E-state index in [4.69, 9.17) is 0 Å². The van der Waals surface area contributed by atoms with Crippen molar-refractivity contribution >= 4 is 11.5 Å². The normalized spacial score (nSPS) is 10.4. The number of nitro groups is 1. The first kappa shape index (κ1) is 10.1. The molecule has 0 N–H and O–H groups in total. The average molecular weight is 191 g/mol. The van der Waals surface area contributed by atoms with Gasteiger partial charge in [0.25, 0.3) is 5.69 Å². The minimum absolute atomic E-state index is 0.121. The second-order valence-corrected chi connectivity index (χ2v) is 2.64. The topological polar surface area (TPSA) is 60.2 Å². The lowest BCUT2D eigenvalue weighted by molar-refractivity contribution is -0.385. The van der Waals surface area contributed by atoms with Gasteiger partial charge in [0.2, 0.25) is 0 Å². The van der Waals surface area contributed by atoms with Crippen LogP contribution < -0.4 is 0 Å². The molecular formula is C10H9NO3. The number of benzene rings is 1. The van der Waals surface area contributed by atoms with Crippen molar-refractivity contribution in [1.29, 1.82) is 0 Å². The standard InChI is InChI=1S/C10H9NO3/c1-2-5-10(12)8-6-3-4-7-9(8)11(13)14/h2-7H,1H3. The van der Waals surface area contributed by atoms with Crippen LogP contribution in [0.1, 0.15) is 17.3 Å². The fourth-order valence-electron chi connectivity index (χ4n) is 1.08. The van der Waals surface area contributed by atoms with Gasteiger partial charge in [-0.25, -0.2) is 0 Å². The second-order valence-electron chi connectivity index (χ2n) is 2.64. The van der Waals surface area contributed by atoms with Gasteiger partial charge in [-0.2, -0.15) is 0 Å². The van der Waals surface area contributed by atoms with Crippen LogP contribution in [0.3, 0.4) is 0 Å². The van der Waals surface area contributed by atoms with E-state index in [9.17, 15) is 14.9 Å². The Morgan fingerprint density at radius 2 is 2.07 bits per heavy atom. The summed E-state index contributed by atoms with van der Waals surface area (Å²) in [6.07, 6.45) is 2.86. The van der Waals surface area contributed by atoms with Crippen LogP contribution >= 0.6 is 0 Å². The van der Waals surface area contributed by atoms with Crippen molar-refractivity contribution in [2.75, 3.05) is 0 Å². The smallest absolute Gasteiger partial charge is 0.280 e. The van der Waals surface area contributed by atoms with E-state index in [2.05, 4.69) is 0 Å². The summed E-state index contributed by atoms with van der Waals surface area (Å²) in [7, 11) is 0. The highest BCUT2D eigenvalue weighted by Crippen LogP contribution is 2.18. The van der Waals surface area contributed by atoms with Crippen molar-refractivity contribution in [3.63, 3.8) is 0 Å². The highest BCUT2D eigenvalue weighted by molar-refractivity contribution is 6.07. The summed E-state index contributed by atoms with van der Waals surface area (Å²) in [6.45, 7) is 1.69. The molecule has 4 heteroatoms. The lowest BCUT2D eigenvalue weighted by Crippen LogP contribution is -2.00.